The van der Waals surface area contributed by atoms with Gasteiger partial charge in [0.2, 0.25) is 0 Å². The third-order valence-electron chi connectivity index (χ3n) is 4.36. The van der Waals surface area contributed by atoms with Crippen LogP contribution in [0.3, 0.4) is 0 Å². The molecule has 0 radical (unpaired) electrons. The van der Waals surface area contributed by atoms with Gasteiger partial charge in [0.1, 0.15) is 5.75 Å². The van der Waals surface area contributed by atoms with E-state index in [2.05, 4.69) is 11.1 Å². The second kappa shape index (κ2) is 4.70. The molecule has 1 amide bonds. The lowest BCUT2D eigenvalue weighted by Gasteiger charge is -2.21. The summed E-state index contributed by atoms with van der Waals surface area (Å²) in [5, 5.41) is 0. The molecule has 0 bridgehead atoms. The molecule has 0 saturated heterocycles. The van der Waals surface area contributed by atoms with E-state index in [-0.39, 0.29) is 11.9 Å². The van der Waals surface area contributed by atoms with Crippen molar-refractivity contribution in [3.8, 4) is 5.75 Å². The van der Waals surface area contributed by atoms with Gasteiger partial charge in [0.25, 0.3) is 5.91 Å². The van der Waals surface area contributed by atoms with Crippen molar-refractivity contribution >= 4 is 23.5 Å². The van der Waals surface area contributed by atoms with Gasteiger partial charge in [-0.1, -0.05) is 18.2 Å². The van der Waals surface area contributed by atoms with E-state index in [1.54, 1.807) is 7.11 Å². The Kier molecular flexibility index (Phi) is 2.79. The standard InChI is InChI=1S/C18H16N2O2/c1-11-7-14-15(9-17(11)22-2)19-10-13-8-12-5-3-4-6-16(12)20(13)18(14)21/h3-7,9-10,13H,8H2,1-2H3/t13-/m0/s1. The lowest BCUT2D eigenvalue weighted by atomic mass is 10.1. The molecule has 4 nitrogen and oxygen atoms in total. The number of carbonyl (C=O) groups excluding carboxylic acids is 1. The number of benzene rings is 2. The highest BCUT2D eigenvalue weighted by molar-refractivity contribution is 6.14. The summed E-state index contributed by atoms with van der Waals surface area (Å²) in [7, 11) is 1.63. The Morgan fingerprint density at radius 1 is 1.27 bits per heavy atom. The maximum Gasteiger partial charge on any atom is 0.261 e. The highest BCUT2D eigenvalue weighted by Gasteiger charge is 2.35. The average Bonchev–Trinajstić information content (AvgIpc) is 2.85. The Hall–Kier alpha value is -2.62. The molecule has 22 heavy (non-hydrogen) atoms. The first-order chi connectivity index (χ1) is 10.7. The Morgan fingerprint density at radius 2 is 2.09 bits per heavy atom. The molecule has 2 aliphatic heterocycles. The molecule has 4 rings (SSSR count). The number of ether oxygens (including phenoxy) is 1. The molecule has 0 aromatic heterocycles. The lowest BCUT2D eigenvalue weighted by Crippen LogP contribution is -2.37. The first kappa shape index (κ1) is 13.1. The van der Waals surface area contributed by atoms with Crippen LogP contribution in [0.5, 0.6) is 5.75 Å². The van der Waals surface area contributed by atoms with Gasteiger partial charge in [-0.05, 0) is 30.2 Å². The molecule has 2 aromatic rings. The second-order valence-electron chi connectivity index (χ2n) is 5.69. The fourth-order valence-corrected chi connectivity index (χ4v) is 3.26. The topological polar surface area (TPSA) is 41.9 Å². The maximum atomic E-state index is 13.0. The van der Waals surface area contributed by atoms with Crippen LogP contribution in [0, 0.1) is 6.92 Å². The van der Waals surface area contributed by atoms with Gasteiger partial charge in [-0.3, -0.25) is 14.7 Å². The first-order valence-corrected chi connectivity index (χ1v) is 7.33. The van der Waals surface area contributed by atoms with E-state index in [0.29, 0.717) is 11.3 Å². The van der Waals surface area contributed by atoms with Crippen molar-refractivity contribution in [1.29, 1.82) is 0 Å². The molecule has 0 spiro atoms. The summed E-state index contributed by atoms with van der Waals surface area (Å²) in [4.78, 5) is 19.4. The molecule has 0 aliphatic carbocycles. The third kappa shape index (κ3) is 1.77. The van der Waals surface area contributed by atoms with Crippen molar-refractivity contribution in [3.05, 3.63) is 53.1 Å². The smallest absolute Gasteiger partial charge is 0.261 e. The molecule has 2 aromatic carbocycles. The van der Waals surface area contributed by atoms with Crippen LogP contribution in [0.2, 0.25) is 0 Å². The summed E-state index contributed by atoms with van der Waals surface area (Å²) >= 11 is 0. The second-order valence-corrected chi connectivity index (χ2v) is 5.69. The van der Waals surface area contributed by atoms with Gasteiger partial charge in [0.05, 0.1) is 24.4 Å². The molecular weight excluding hydrogens is 276 g/mol. The number of rotatable bonds is 1. The highest BCUT2D eigenvalue weighted by atomic mass is 16.5. The number of nitrogens with zero attached hydrogens (tertiary/aromatic N) is 2. The van der Waals surface area contributed by atoms with E-state index in [4.69, 9.17) is 4.74 Å². The SMILES string of the molecule is COc1cc2c(cc1C)C(=O)N1c3ccccc3C[C@H]1C=N2. The molecule has 2 aliphatic rings. The largest absolute Gasteiger partial charge is 0.496 e. The predicted octanol–water partition coefficient (Wildman–Crippen LogP) is 3.29. The molecular formula is C18H16N2O2. The molecule has 0 fully saturated rings. The van der Waals surface area contributed by atoms with Gasteiger partial charge in [-0.2, -0.15) is 0 Å². The van der Waals surface area contributed by atoms with Gasteiger partial charge in [-0.25, -0.2) is 0 Å². The van der Waals surface area contributed by atoms with Crippen LogP contribution in [-0.4, -0.2) is 25.3 Å². The van der Waals surface area contributed by atoms with E-state index in [0.717, 1.165) is 23.4 Å². The van der Waals surface area contributed by atoms with Crippen LogP contribution in [-0.2, 0) is 6.42 Å². The third-order valence-corrected chi connectivity index (χ3v) is 4.36. The Morgan fingerprint density at radius 3 is 2.91 bits per heavy atom. The predicted molar refractivity (Wildman–Crippen MR) is 86.6 cm³/mol. The number of para-hydroxylation sites is 1. The summed E-state index contributed by atoms with van der Waals surface area (Å²) < 4.78 is 5.34. The summed E-state index contributed by atoms with van der Waals surface area (Å²) in [6.45, 7) is 1.94. The van der Waals surface area contributed by atoms with Crippen LogP contribution in [0.25, 0.3) is 0 Å². The Bertz CT molecular complexity index is 811. The van der Waals surface area contributed by atoms with Crippen molar-refractivity contribution in [1.82, 2.24) is 0 Å². The van der Waals surface area contributed by atoms with Gasteiger partial charge in [-0.15, -0.1) is 0 Å². The van der Waals surface area contributed by atoms with E-state index in [1.807, 2.05) is 48.4 Å². The summed E-state index contributed by atoms with van der Waals surface area (Å²) in [6.07, 6.45) is 2.69. The molecule has 2 heterocycles. The number of aryl methyl sites for hydroxylation is 1. The van der Waals surface area contributed by atoms with Crippen molar-refractivity contribution in [2.45, 2.75) is 19.4 Å². The maximum absolute atomic E-state index is 13.0. The number of aliphatic imine (C=N–C) groups is 1. The quantitative estimate of drug-likeness (QED) is 0.809. The van der Waals surface area contributed by atoms with Crippen molar-refractivity contribution in [2.75, 3.05) is 12.0 Å². The van der Waals surface area contributed by atoms with Crippen LogP contribution < -0.4 is 9.64 Å². The lowest BCUT2D eigenvalue weighted by molar-refractivity contribution is 0.0987. The van der Waals surface area contributed by atoms with Gasteiger partial charge >= 0.3 is 0 Å². The summed E-state index contributed by atoms with van der Waals surface area (Å²) in [5.74, 6) is 0.763. The van der Waals surface area contributed by atoms with Gasteiger partial charge in [0, 0.05) is 24.4 Å². The Labute approximate surface area is 129 Å². The number of fused-ring (bicyclic) bond motifs is 4. The molecule has 0 saturated carbocycles. The molecule has 110 valence electrons. The molecule has 4 heteroatoms. The highest BCUT2D eigenvalue weighted by Crippen LogP contribution is 2.38. The number of hydrogen-bond donors (Lipinski definition) is 0. The van der Waals surface area contributed by atoms with Gasteiger partial charge in [0.15, 0.2) is 0 Å². The number of carbonyl (C=O) groups is 1. The number of hydrogen-bond acceptors (Lipinski definition) is 3. The van der Waals surface area contributed by atoms with Crippen LogP contribution >= 0.6 is 0 Å². The molecule has 0 N–H and O–H groups in total. The van der Waals surface area contributed by atoms with Crippen LogP contribution in [0.1, 0.15) is 21.5 Å². The fourth-order valence-electron chi connectivity index (χ4n) is 3.26. The number of anilines is 1. The zero-order valence-corrected chi connectivity index (χ0v) is 12.5. The normalized spacial score (nSPS) is 18.5. The minimum absolute atomic E-state index is 0.00760. The van der Waals surface area contributed by atoms with Crippen LogP contribution in [0.15, 0.2) is 41.4 Å². The first-order valence-electron chi connectivity index (χ1n) is 7.33. The van der Waals surface area contributed by atoms with E-state index in [1.165, 1.54) is 5.56 Å². The minimum atomic E-state index is -0.0106. The van der Waals surface area contributed by atoms with Crippen molar-refractivity contribution in [3.63, 3.8) is 0 Å². The van der Waals surface area contributed by atoms with Gasteiger partial charge < -0.3 is 4.74 Å². The fraction of sp³-hybridized carbons (Fsp3) is 0.222. The number of amides is 1. The number of methoxy groups -OCH3 is 1. The van der Waals surface area contributed by atoms with Crippen molar-refractivity contribution in [2.24, 2.45) is 4.99 Å². The average molecular weight is 292 g/mol. The molecule has 0 unspecified atom stereocenters. The minimum Gasteiger partial charge on any atom is -0.496 e. The van der Waals surface area contributed by atoms with E-state index < -0.39 is 0 Å². The Balaban J connectivity index is 1.87. The van der Waals surface area contributed by atoms with Crippen molar-refractivity contribution < 1.29 is 9.53 Å². The summed E-state index contributed by atoms with van der Waals surface area (Å²) in [5.41, 5.74) is 4.44. The monoisotopic (exact) mass is 292 g/mol. The zero-order valence-electron chi connectivity index (χ0n) is 12.5. The van der Waals surface area contributed by atoms with E-state index in [9.17, 15) is 4.79 Å². The molecule has 1 atom stereocenters. The zero-order chi connectivity index (χ0) is 15.3. The summed E-state index contributed by atoms with van der Waals surface area (Å²) in [6, 6.07) is 11.8. The van der Waals surface area contributed by atoms with Crippen LogP contribution in [0.4, 0.5) is 11.4 Å². The van der Waals surface area contributed by atoms with E-state index >= 15 is 0 Å².